The van der Waals surface area contributed by atoms with E-state index in [1.54, 1.807) is 26.8 Å². The van der Waals surface area contributed by atoms with E-state index in [0.29, 0.717) is 11.3 Å². The number of imide groups is 1. The van der Waals surface area contributed by atoms with Gasteiger partial charge in [-0.25, -0.2) is 4.39 Å². The fraction of sp³-hybridized carbons (Fsp3) is 0.429. The second-order valence-corrected chi connectivity index (χ2v) is 5.06. The molecule has 102 valence electrons. The first kappa shape index (κ1) is 13.5. The fourth-order valence-electron chi connectivity index (χ4n) is 2.28. The fourth-order valence-corrected chi connectivity index (χ4v) is 2.28. The lowest BCUT2D eigenvalue weighted by molar-refractivity contribution is -0.140. The Kier molecular flexibility index (Phi) is 3.55. The van der Waals surface area contributed by atoms with Gasteiger partial charge < -0.3 is 5.32 Å². The Morgan fingerprint density at radius 2 is 2.05 bits per heavy atom. The van der Waals surface area contributed by atoms with Gasteiger partial charge in [0.25, 0.3) is 5.91 Å². The molecule has 0 bridgehead atoms. The van der Waals surface area contributed by atoms with Gasteiger partial charge in [0.2, 0.25) is 5.91 Å². The summed E-state index contributed by atoms with van der Waals surface area (Å²) in [6, 6.07) is 3.61. The number of likely N-dealkylation sites (tertiary alicyclic amines) is 1. The number of hydrogen-bond donors (Lipinski definition) is 1. The molecule has 0 radical (unpaired) electrons. The van der Waals surface area contributed by atoms with Crippen LogP contribution in [0.1, 0.15) is 25.8 Å². The van der Waals surface area contributed by atoms with Crippen molar-refractivity contribution in [3.8, 4) is 0 Å². The summed E-state index contributed by atoms with van der Waals surface area (Å²) >= 11 is 0. The van der Waals surface area contributed by atoms with Crippen molar-refractivity contribution >= 4 is 17.5 Å². The number of benzene rings is 1. The molecule has 19 heavy (non-hydrogen) atoms. The summed E-state index contributed by atoms with van der Waals surface area (Å²) in [6.45, 7) is 5.37. The molecule has 1 fully saturated rings. The predicted molar refractivity (Wildman–Crippen MR) is 70.2 cm³/mol. The first-order valence-corrected chi connectivity index (χ1v) is 6.28. The molecule has 1 aromatic rings. The minimum Gasteiger partial charge on any atom is -0.373 e. The van der Waals surface area contributed by atoms with Gasteiger partial charge in [0.15, 0.2) is 0 Å². The summed E-state index contributed by atoms with van der Waals surface area (Å²) in [4.78, 5) is 25.2. The maximum absolute atomic E-state index is 13.0. The molecular formula is C14H17FN2O2. The molecule has 0 saturated carbocycles. The van der Waals surface area contributed by atoms with E-state index < -0.39 is 6.04 Å². The Morgan fingerprint density at radius 1 is 1.37 bits per heavy atom. The number of nitrogens with zero attached hydrogens (tertiary/aromatic N) is 1. The highest BCUT2D eigenvalue weighted by Crippen LogP contribution is 2.22. The van der Waals surface area contributed by atoms with Gasteiger partial charge in [-0.05, 0) is 44.5 Å². The SMILES string of the molecule is Cc1cc(F)ccc1NC1CC(=O)N(C(C)C)C1=O. The number of carbonyl (C=O) groups is 2. The van der Waals surface area contributed by atoms with Crippen LogP contribution in [0.15, 0.2) is 18.2 Å². The molecule has 2 rings (SSSR count). The standard InChI is InChI=1S/C14H17FN2O2/c1-8(2)17-13(18)7-12(14(17)19)16-11-5-4-10(15)6-9(11)3/h4-6,8,12,16H,7H2,1-3H3. The van der Waals surface area contributed by atoms with E-state index in [9.17, 15) is 14.0 Å². The van der Waals surface area contributed by atoms with Crippen LogP contribution in [0.2, 0.25) is 0 Å². The van der Waals surface area contributed by atoms with E-state index in [-0.39, 0.29) is 30.1 Å². The molecule has 1 aromatic carbocycles. The number of nitrogens with one attached hydrogen (secondary N) is 1. The van der Waals surface area contributed by atoms with Crippen molar-refractivity contribution in [2.75, 3.05) is 5.32 Å². The van der Waals surface area contributed by atoms with Gasteiger partial charge in [0, 0.05) is 11.7 Å². The highest BCUT2D eigenvalue weighted by Gasteiger charge is 2.39. The normalized spacial score (nSPS) is 19.4. The number of amides is 2. The largest absolute Gasteiger partial charge is 0.373 e. The Bertz CT molecular complexity index is 528. The van der Waals surface area contributed by atoms with E-state index in [4.69, 9.17) is 0 Å². The number of anilines is 1. The van der Waals surface area contributed by atoms with E-state index in [1.165, 1.54) is 17.0 Å². The molecule has 1 saturated heterocycles. The van der Waals surface area contributed by atoms with Gasteiger partial charge in [0.05, 0.1) is 6.42 Å². The molecule has 2 amide bonds. The first-order valence-electron chi connectivity index (χ1n) is 6.28. The molecule has 1 atom stereocenters. The minimum atomic E-state index is -0.556. The topological polar surface area (TPSA) is 49.4 Å². The molecule has 0 aromatic heterocycles. The van der Waals surface area contributed by atoms with Crippen LogP contribution in [0.4, 0.5) is 10.1 Å². The van der Waals surface area contributed by atoms with Crippen molar-refractivity contribution in [2.24, 2.45) is 0 Å². The van der Waals surface area contributed by atoms with Crippen LogP contribution in [-0.4, -0.2) is 28.8 Å². The molecule has 1 aliphatic heterocycles. The average molecular weight is 264 g/mol. The monoisotopic (exact) mass is 264 g/mol. The van der Waals surface area contributed by atoms with Crippen LogP contribution in [0.5, 0.6) is 0 Å². The molecular weight excluding hydrogens is 247 g/mol. The van der Waals surface area contributed by atoms with Gasteiger partial charge in [0.1, 0.15) is 11.9 Å². The average Bonchev–Trinajstić information content (AvgIpc) is 2.58. The highest BCUT2D eigenvalue weighted by molar-refractivity contribution is 6.07. The highest BCUT2D eigenvalue weighted by atomic mass is 19.1. The van der Waals surface area contributed by atoms with Crippen LogP contribution in [0.25, 0.3) is 0 Å². The number of rotatable bonds is 3. The van der Waals surface area contributed by atoms with Crippen LogP contribution in [-0.2, 0) is 9.59 Å². The number of hydrogen-bond acceptors (Lipinski definition) is 3. The second kappa shape index (κ2) is 4.99. The van der Waals surface area contributed by atoms with Crippen molar-refractivity contribution in [1.29, 1.82) is 0 Å². The molecule has 1 heterocycles. The van der Waals surface area contributed by atoms with Crippen molar-refractivity contribution in [3.63, 3.8) is 0 Å². The smallest absolute Gasteiger partial charge is 0.252 e. The summed E-state index contributed by atoms with van der Waals surface area (Å²) in [5.41, 5.74) is 1.39. The van der Waals surface area contributed by atoms with Gasteiger partial charge in [-0.2, -0.15) is 0 Å². The summed E-state index contributed by atoms with van der Waals surface area (Å²) in [5, 5.41) is 3.02. The van der Waals surface area contributed by atoms with Gasteiger partial charge in [-0.1, -0.05) is 0 Å². The summed E-state index contributed by atoms with van der Waals surface area (Å²) in [7, 11) is 0. The lowest BCUT2D eigenvalue weighted by Gasteiger charge is -2.20. The molecule has 1 unspecified atom stereocenters. The number of carbonyl (C=O) groups excluding carboxylic acids is 2. The number of halogens is 1. The van der Waals surface area contributed by atoms with E-state index in [0.717, 1.165) is 0 Å². The van der Waals surface area contributed by atoms with Gasteiger partial charge in [-0.15, -0.1) is 0 Å². The summed E-state index contributed by atoms with van der Waals surface area (Å²) < 4.78 is 13.0. The van der Waals surface area contributed by atoms with Gasteiger partial charge >= 0.3 is 0 Å². The third kappa shape index (κ3) is 2.59. The molecule has 4 nitrogen and oxygen atoms in total. The summed E-state index contributed by atoms with van der Waals surface area (Å²) in [6.07, 6.45) is 0.147. The molecule has 5 heteroatoms. The zero-order chi connectivity index (χ0) is 14.2. The number of aryl methyl sites for hydroxylation is 1. The molecule has 0 spiro atoms. The first-order chi connectivity index (χ1) is 8.90. The molecule has 1 N–H and O–H groups in total. The van der Waals surface area contributed by atoms with Crippen LogP contribution >= 0.6 is 0 Å². The molecule has 0 aliphatic carbocycles. The predicted octanol–water partition coefficient (Wildman–Crippen LogP) is 2.08. The maximum atomic E-state index is 13.0. The van der Waals surface area contributed by atoms with E-state index >= 15 is 0 Å². The summed E-state index contributed by atoms with van der Waals surface area (Å²) in [5.74, 6) is -0.707. The maximum Gasteiger partial charge on any atom is 0.252 e. The third-order valence-electron chi connectivity index (χ3n) is 3.22. The van der Waals surface area contributed by atoms with Crippen LogP contribution < -0.4 is 5.32 Å². The van der Waals surface area contributed by atoms with Crippen molar-refractivity contribution < 1.29 is 14.0 Å². The van der Waals surface area contributed by atoms with E-state index in [2.05, 4.69) is 5.32 Å². The van der Waals surface area contributed by atoms with Crippen molar-refractivity contribution in [2.45, 2.75) is 39.3 Å². The Labute approximate surface area is 111 Å². The Morgan fingerprint density at radius 3 is 2.58 bits per heavy atom. The zero-order valence-electron chi connectivity index (χ0n) is 11.2. The molecule has 1 aliphatic rings. The zero-order valence-corrected chi connectivity index (χ0v) is 11.2. The third-order valence-corrected chi connectivity index (χ3v) is 3.22. The minimum absolute atomic E-state index is 0.138. The van der Waals surface area contributed by atoms with Crippen LogP contribution in [0.3, 0.4) is 0 Å². The van der Waals surface area contributed by atoms with E-state index in [1.807, 2.05) is 0 Å². The Balaban J connectivity index is 2.16. The lowest BCUT2D eigenvalue weighted by Crippen LogP contribution is -2.39. The second-order valence-electron chi connectivity index (χ2n) is 5.06. The van der Waals surface area contributed by atoms with Crippen LogP contribution in [0, 0.1) is 12.7 Å². The quantitative estimate of drug-likeness (QED) is 0.850. The Hall–Kier alpha value is -1.91. The van der Waals surface area contributed by atoms with Crippen molar-refractivity contribution in [1.82, 2.24) is 4.90 Å². The van der Waals surface area contributed by atoms with Gasteiger partial charge in [-0.3, -0.25) is 14.5 Å². The lowest BCUT2D eigenvalue weighted by atomic mass is 10.1. The van der Waals surface area contributed by atoms with Crippen molar-refractivity contribution in [3.05, 3.63) is 29.6 Å².